The molecule has 2 rings (SSSR count). The van der Waals surface area contributed by atoms with Crippen LogP contribution in [0.4, 0.5) is 0 Å². The maximum absolute atomic E-state index is 11.9. The van der Waals surface area contributed by atoms with Crippen molar-refractivity contribution in [1.29, 1.82) is 0 Å². The smallest absolute Gasteiger partial charge is 0.330 e. The SMILES string of the molecule is COC(=O)/C=C/c1cn([C@@H]2OC[C@@H](CO)[C@@H]2O)c(=O)[nH]c1=O. The van der Waals surface area contributed by atoms with E-state index < -0.39 is 35.5 Å². The first kappa shape index (κ1) is 16.1. The molecule has 9 nitrogen and oxygen atoms in total. The summed E-state index contributed by atoms with van der Waals surface area (Å²) in [5.41, 5.74) is -1.43. The minimum Gasteiger partial charge on any atom is -0.466 e. The zero-order valence-electron chi connectivity index (χ0n) is 11.8. The highest BCUT2D eigenvalue weighted by Crippen LogP contribution is 2.27. The third kappa shape index (κ3) is 3.16. The highest BCUT2D eigenvalue weighted by Gasteiger charge is 2.37. The van der Waals surface area contributed by atoms with E-state index in [2.05, 4.69) is 9.72 Å². The van der Waals surface area contributed by atoms with Crippen molar-refractivity contribution in [2.75, 3.05) is 20.3 Å². The molecule has 9 heteroatoms. The van der Waals surface area contributed by atoms with Crippen molar-refractivity contribution in [3.63, 3.8) is 0 Å². The number of H-pyrrole nitrogens is 1. The predicted molar refractivity (Wildman–Crippen MR) is 73.9 cm³/mol. The summed E-state index contributed by atoms with van der Waals surface area (Å²) in [6.07, 6.45) is 1.28. The fraction of sp³-hybridized carbons (Fsp3) is 0.462. The molecule has 1 saturated heterocycles. The number of nitrogens with one attached hydrogen (secondary N) is 1. The van der Waals surface area contributed by atoms with E-state index in [1.54, 1.807) is 0 Å². The molecule has 1 aromatic heterocycles. The van der Waals surface area contributed by atoms with Crippen LogP contribution in [0.15, 0.2) is 21.9 Å². The van der Waals surface area contributed by atoms with Gasteiger partial charge in [-0.15, -0.1) is 0 Å². The zero-order chi connectivity index (χ0) is 16.3. The second-order valence-corrected chi connectivity index (χ2v) is 4.76. The number of aliphatic hydroxyl groups excluding tert-OH is 2. The lowest BCUT2D eigenvalue weighted by molar-refractivity contribution is -0.134. The first-order chi connectivity index (χ1) is 10.5. The Morgan fingerprint density at radius 1 is 1.59 bits per heavy atom. The maximum atomic E-state index is 11.9. The summed E-state index contributed by atoms with van der Waals surface area (Å²) in [4.78, 5) is 36.7. The summed E-state index contributed by atoms with van der Waals surface area (Å²) in [5, 5.41) is 19.1. The summed E-state index contributed by atoms with van der Waals surface area (Å²) < 4.78 is 10.7. The predicted octanol–water partition coefficient (Wildman–Crippen LogP) is -1.78. The van der Waals surface area contributed by atoms with E-state index in [1.165, 1.54) is 19.4 Å². The van der Waals surface area contributed by atoms with Crippen LogP contribution < -0.4 is 11.2 Å². The third-order valence-electron chi connectivity index (χ3n) is 3.36. The molecule has 3 atom stereocenters. The lowest BCUT2D eigenvalue weighted by Gasteiger charge is -2.18. The average molecular weight is 312 g/mol. The molecule has 1 aliphatic heterocycles. The van der Waals surface area contributed by atoms with Gasteiger partial charge < -0.3 is 19.7 Å². The van der Waals surface area contributed by atoms with Crippen molar-refractivity contribution in [3.8, 4) is 0 Å². The lowest BCUT2D eigenvalue weighted by Crippen LogP contribution is -2.37. The molecular formula is C13H16N2O7. The maximum Gasteiger partial charge on any atom is 0.330 e. The molecule has 0 saturated carbocycles. The largest absolute Gasteiger partial charge is 0.466 e. The number of rotatable bonds is 4. The van der Waals surface area contributed by atoms with Gasteiger partial charge in [0.05, 0.1) is 25.9 Å². The fourth-order valence-corrected chi connectivity index (χ4v) is 2.09. The topological polar surface area (TPSA) is 131 Å². The minimum absolute atomic E-state index is 0.0215. The second kappa shape index (κ2) is 6.69. The van der Waals surface area contributed by atoms with Gasteiger partial charge in [0.25, 0.3) is 5.56 Å². The first-order valence-electron chi connectivity index (χ1n) is 6.50. The number of ether oxygens (including phenoxy) is 2. The second-order valence-electron chi connectivity index (χ2n) is 4.76. The molecule has 0 unspecified atom stereocenters. The fourth-order valence-electron chi connectivity index (χ4n) is 2.09. The van der Waals surface area contributed by atoms with Crippen LogP contribution >= 0.6 is 0 Å². The van der Waals surface area contributed by atoms with Crippen LogP contribution in [-0.2, 0) is 14.3 Å². The molecule has 1 fully saturated rings. The molecule has 3 N–H and O–H groups in total. The van der Waals surface area contributed by atoms with Crippen LogP contribution in [0.1, 0.15) is 11.8 Å². The van der Waals surface area contributed by atoms with E-state index in [9.17, 15) is 19.5 Å². The number of hydrogen-bond acceptors (Lipinski definition) is 7. The van der Waals surface area contributed by atoms with Crippen molar-refractivity contribution in [1.82, 2.24) is 9.55 Å². The van der Waals surface area contributed by atoms with Gasteiger partial charge in [0, 0.05) is 18.2 Å². The molecule has 0 radical (unpaired) electrons. The molecule has 0 spiro atoms. The van der Waals surface area contributed by atoms with Crippen LogP contribution in [0, 0.1) is 5.92 Å². The van der Waals surface area contributed by atoms with Gasteiger partial charge in [0.2, 0.25) is 0 Å². The van der Waals surface area contributed by atoms with Crippen molar-refractivity contribution >= 4 is 12.0 Å². The van der Waals surface area contributed by atoms with E-state index in [0.29, 0.717) is 0 Å². The molecular weight excluding hydrogens is 296 g/mol. The number of aromatic nitrogens is 2. The Labute approximate surface area is 124 Å². The number of carbonyl (C=O) groups is 1. The van der Waals surface area contributed by atoms with Gasteiger partial charge in [-0.3, -0.25) is 14.3 Å². The van der Waals surface area contributed by atoms with Crippen molar-refractivity contribution in [2.24, 2.45) is 5.92 Å². The zero-order valence-corrected chi connectivity index (χ0v) is 11.8. The van der Waals surface area contributed by atoms with Gasteiger partial charge >= 0.3 is 11.7 Å². The van der Waals surface area contributed by atoms with Crippen LogP contribution in [0.3, 0.4) is 0 Å². The Bertz CT molecular complexity index is 690. The monoisotopic (exact) mass is 312 g/mol. The summed E-state index contributed by atoms with van der Waals surface area (Å²) in [7, 11) is 1.19. The van der Waals surface area contributed by atoms with E-state index >= 15 is 0 Å². The van der Waals surface area contributed by atoms with E-state index in [4.69, 9.17) is 9.84 Å². The van der Waals surface area contributed by atoms with Crippen LogP contribution in [0.2, 0.25) is 0 Å². The first-order valence-corrected chi connectivity index (χ1v) is 6.50. The summed E-state index contributed by atoms with van der Waals surface area (Å²) in [6, 6.07) is 0. The molecule has 22 heavy (non-hydrogen) atoms. The molecule has 0 bridgehead atoms. The van der Waals surface area contributed by atoms with Crippen molar-refractivity contribution in [2.45, 2.75) is 12.3 Å². The number of methoxy groups -OCH3 is 1. The Hall–Kier alpha value is -2.23. The van der Waals surface area contributed by atoms with E-state index in [1.807, 2.05) is 0 Å². The number of carbonyl (C=O) groups excluding carboxylic acids is 1. The van der Waals surface area contributed by atoms with Crippen LogP contribution in [-0.4, -0.2) is 52.2 Å². The average Bonchev–Trinajstić information content (AvgIpc) is 2.87. The summed E-state index contributed by atoms with van der Waals surface area (Å²) in [6.45, 7) is -0.202. The van der Waals surface area contributed by atoms with Crippen molar-refractivity contribution in [3.05, 3.63) is 38.7 Å². The highest BCUT2D eigenvalue weighted by atomic mass is 16.5. The van der Waals surface area contributed by atoms with Crippen LogP contribution in [0.5, 0.6) is 0 Å². The molecule has 1 aromatic rings. The third-order valence-corrected chi connectivity index (χ3v) is 3.36. The molecule has 1 aliphatic rings. The Balaban J connectivity index is 2.37. The quantitative estimate of drug-likeness (QED) is 0.442. The van der Waals surface area contributed by atoms with E-state index in [0.717, 1.165) is 10.6 Å². The lowest BCUT2D eigenvalue weighted by atomic mass is 10.1. The highest BCUT2D eigenvalue weighted by molar-refractivity contribution is 5.86. The number of aromatic amines is 1. The minimum atomic E-state index is -1.09. The Morgan fingerprint density at radius 2 is 2.32 bits per heavy atom. The summed E-state index contributed by atoms with van der Waals surface area (Å²) in [5.74, 6) is -1.17. The summed E-state index contributed by atoms with van der Waals surface area (Å²) >= 11 is 0. The standard InChI is InChI=1S/C13H16N2O7/c1-21-9(17)3-2-7-4-15(13(20)14-11(7)19)12-10(18)8(5-16)6-22-12/h2-4,8,10,12,16,18H,5-6H2,1H3,(H,14,19,20)/b3-2+/t8-,10+,12-/m1/s1. The van der Waals surface area contributed by atoms with Gasteiger partial charge in [-0.1, -0.05) is 0 Å². The normalized spacial score (nSPS) is 24.8. The molecule has 0 amide bonds. The van der Waals surface area contributed by atoms with Gasteiger partial charge in [-0.25, -0.2) is 9.59 Å². The van der Waals surface area contributed by atoms with Crippen molar-refractivity contribution < 1.29 is 24.5 Å². The Kier molecular flexibility index (Phi) is 4.91. The number of esters is 1. The molecule has 120 valence electrons. The van der Waals surface area contributed by atoms with Gasteiger partial charge in [-0.05, 0) is 6.08 Å². The van der Waals surface area contributed by atoms with Gasteiger partial charge in [0.15, 0.2) is 6.23 Å². The van der Waals surface area contributed by atoms with Gasteiger partial charge in [-0.2, -0.15) is 0 Å². The molecule has 0 aliphatic carbocycles. The van der Waals surface area contributed by atoms with Gasteiger partial charge in [0.1, 0.15) is 6.10 Å². The van der Waals surface area contributed by atoms with E-state index in [-0.39, 0.29) is 18.8 Å². The number of aliphatic hydroxyl groups is 2. The van der Waals surface area contributed by atoms with Crippen LogP contribution in [0.25, 0.3) is 6.08 Å². The molecule has 0 aromatic carbocycles. The number of hydrogen-bond donors (Lipinski definition) is 3. The molecule has 2 heterocycles. The number of nitrogens with zero attached hydrogens (tertiary/aromatic N) is 1. The Morgan fingerprint density at radius 3 is 2.91 bits per heavy atom.